The minimum atomic E-state index is -0.514. The summed E-state index contributed by atoms with van der Waals surface area (Å²) in [6.07, 6.45) is 4.49. The lowest BCUT2D eigenvalue weighted by Gasteiger charge is -2.24. The minimum Gasteiger partial charge on any atom is -0.469 e. The minimum absolute atomic E-state index is 0.00351. The van der Waals surface area contributed by atoms with E-state index < -0.39 is 6.04 Å². The first-order valence-electron chi connectivity index (χ1n) is 6.21. The van der Waals surface area contributed by atoms with E-state index in [0.29, 0.717) is 0 Å². The van der Waals surface area contributed by atoms with Gasteiger partial charge in [0.2, 0.25) is 11.8 Å². The van der Waals surface area contributed by atoms with Crippen LogP contribution in [0.15, 0.2) is 16.7 Å². The molecule has 1 aromatic heterocycles. The van der Waals surface area contributed by atoms with Gasteiger partial charge in [0, 0.05) is 18.9 Å². The summed E-state index contributed by atoms with van der Waals surface area (Å²) in [6.45, 7) is 3.08. The van der Waals surface area contributed by atoms with Crippen LogP contribution in [-0.2, 0) is 16.0 Å². The average molecular weight is 250 g/mol. The van der Waals surface area contributed by atoms with Crippen LogP contribution in [-0.4, -0.2) is 17.9 Å². The second kappa shape index (κ2) is 5.25. The van der Waals surface area contributed by atoms with Crippen molar-refractivity contribution in [2.45, 2.75) is 45.2 Å². The standard InChI is InChI=1S/C13H18N2O3/c1-8(14-9(2)16)13(17)15-11-4-3-5-12-10(11)6-7-18-12/h6-8,11H,3-5H2,1-2H3,(H,14,16)(H,15,17)/t8-,11-/m1/s1. The summed E-state index contributed by atoms with van der Waals surface area (Å²) in [7, 11) is 0. The van der Waals surface area contributed by atoms with Crippen LogP contribution >= 0.6 is 0 Å². The van der Waals surface area contributed by atoms with Crippen LogP contribution in [0.5, 0.6) is 0 Å². The first-order chi connectivity index (χ1) is 8.58. The predicted molar refractivity (Wildman–Crippen MR) is 65.8 cm³/mol. The van der Waals surface area contributed by atoms with Gasteiger partial charge in [-0.05, 0) is 25.8 Å². The number of rotatable bonds is 3. The highest BCUT2D eigenvalue weighted by Crippen LogP contribution is 2.30. The van der Waals surface area contributed by atoms with E-state index in [-0.39, 0.29) is 17.9 Å². The summed E-state index contributed by atoms with van der Waals surface area (Å²) in [6, 6.07) is 1.39. The van der Waals surface area contributed by atoms with Crippen LogP contribution in [0.25, 0.3) is 0 Å². The van der Waals surface area contributed by atoms with Gasteiger partial charge in [0.1, 0.15) is 11.8 Å². The Labute approximate surface area is 106 Å². The van der Waals surface area contributed by atoms with Gasteiger partial charge in [-0.25, -0.2) is 0 Å². The molecule has 2 atom stereocenters. The molecule has 1 heterocycles. The van der Waals surface area contributed by atoms with Gasteiger partial charge in [0.05, 0.1) is 12.3 Å². The normalized spacial score (nSPS) is 19.8. The first kappa shape index (κ1) is 12.7. The smallest absolute Gasteiger partial charge is 0.242 e. The summed E-state index contributed by atoms with van der Waals surface area (Å²) in [5.41, 5.74) is 1.06. The number of furan rings is 1. The molecule has 0 saturated carbocycles. The van der Waals surface area contributed by atoms with Gasteiger partial charge in [-0.3, -0.25) is 9.59 Å². The number of carbonyl (C=O) groups excluding carboxylic acids is 2. The lowest BCUT2D eigenvalue weighted by molar-refractivity contribution is -0.128. The number of hydrogen-bond donors (Lipinski definition) is 2. The van der Waals surface area contributed by atoms with E-state index in [1.807, 2.05) is 6.07 Å². The quantitative estimate of drug-likeness (QED) is 0.849. The topological polar surface area (TPSA) is 71.3 Å². The second-order valence-electron chi connectivity index (χ2n) is 4.67. The van der Waals surface area contributed by atoms with Crippen LogP contribution in [0.3, 0.4) is 0 Å². The Morgan fingerprint density at radius 2 is 2.28 bits per heavy atom. The lowest BCUT2D eigenvalue weighted by Crippen LogP contribution is -2.45. The van der Waals surface area contributed by atoms with Crippen LogP contribution < -0.4 is 10.6 Å². The molecule has 98 valence electrons. The van der Waals surface area contributed by atoms with Gasteiger partial charge in [0.15, 0.2) is 0 Å². The van der Waals surface area contributed by atoms with Gasteiger partial charge in [0.25, 0.3) is 0 Å². The summed E-state index contributed by atoms with van der Waals surface area (Å²) in [4.78, 5) is 22.8. The fourth-order valence-electron chi connectivity index (χ4n) is 2.30. The average Bonchev–Trinajstić information content (AvgIpc) is 2.77. The van der Waals surface area contributed by atoms with Crippen molar-refractivity contribution in [2.75, 3.05) is 0 Å². The maximum absolute atomic E-state index is 11.9. The van der Waals surface area contributed by atoms with Crippen molar-refractivity contribution in [3.8, 4) is 0 Å². The number of carbonyl (C=O) groups is 2. The fourth-order valence-corrected chi connectivity index (χ4v) is 2.30. The number of hydrogen-bond acceptors (Lipinski definition) is 3. The number of amides is 2. The lowest BCUT2D eigenvalue weighted by atomic mass is 9.93. The molecule has 0 bridgehead atoms. The predicted octanol–water partition coefficient (Wildman–Crippen LogP) is 1.30. The Balaban J connectivity index is 1.99. The van der Waals surface area contributed by atoms with Crippen molar-refractivity contribution >= 4 is 11.8 Å². The van der Waals surface area contributed by atoms with Crippen molar-refractivity contribution in [1.29, 1.82) is 0 Å². The highest BCUT2D eigenvalue weighted by molar-refractivity contribution is 5.86. The molecule has 0 aliphatic heterocycles. The monoisotopic (exact) mass is 250 g/mol. The summed E-state index contributed by atoms with van der Waals surface area (Å²) < 4.78 is 5.37. The van der Waals surface area contributed by atoms with Crippen molar-refractivity contribution < 1.29 is 14.0 Å². The molecule has 2 N–H and O–H groups in total. The molecule has 0 unspecified atom stereocenters. The second-order valence-corrected chi connectivity index (χ2v) is 4.67. The van der Waals surface area contributed by atoms with Gasteiger partial charge < -0.3 is 15.1 Å². The number of fused-ring (bicyclic) bond motifs is 1. The van der Waals surface area contributed by atoms with Crippen molar-refractivity contribution in [2.24, 2.45) is 0 Å². The van der Waals surface area contributed by atoms with Crippen molar-refractivity contribution in [3.05, 3.63) is 23.7 Å². The first-order valence-corrected chi connectivity index (χ1v) is 6.21. The molecule has 18 heavy (non-hydrogen) atoms. The van der Waals surface area contributed by atoms with Gasteiger partial charge in [-0.1, -0.05) is 0 Å². The van der Waals surface area contributed by atoms with Crippen molar-refractivity contribution in [3.63, 3.8) is 0 Å². The molecule has 0 spiro atoms. The van der Waals surface area contributed by atoms with E-state index >= 15 is 0 Å². The van der Waals surface area contributed by atoms with Crippen molar-refractivity contribution in [1.82, 2.24) is 10.6 Å². The Morgan fingerprint density at radius 3 is 3.00 bits per heavy atom. The molecule has 1 aliphatic rings. The largest absolute Gasteiger partial charge is 0.469 e. The highest BCUT2D eigenvalue weighted by atomic mass is 16.3. The maximum Gasteiger partial charge on any atom is 0.242 e. The molecule has 0 radical (unpaired) electrons. The third-order valence-corrected chi connectivity index (χ3v) is 3.18. The van der Waals surface area contributed by atoms with Gasteiger partial charge in [-0.15, -0.1) is 0 Å². The fraction of sp³-hybridized carbons (Fsp3) is 0.538. The zero-order chi connectivity index (χ0) is 13.1. The molecular formula is C13H18N2O3. The Hall–Kier alpha value is -1.78. The van der Waals surface area contributed by atoms with E-state index in [0.717, 1.165) is 30.6 Å². The summed E-state index contributed by atoms with van der Waals surface area (Å²) >= 11 is 0. The molecule has 0 fully saturated rings. The third-order valence-electron chi connectivity index (χ3n) is 3.18. The van der Waals surface area contributed by atoms with E-state index in [4.69, 9.17) is 4.42 Å². The highest BCUT2D eigenvalue weighted by Gasteiger charge is 2.25. The molecule has 5 heteroatoms. The van der Waals surface area contributed by atoms with Crippen LogP contribution in [0.1, 0.15) is 44.1 Å². The summed E-state index contributed by atoms with van der Waals surface area (Å²) in [5.74, 6) is 0.591. The molecule has 2 amide bonds. The van der Waals surface area contributed by atoms with E-state index in [1.54, 1.807) is 13.2 Å². The SMILES string of the molecule is CC(=O)N[C@H](C)C(=O)N[C@@H]1CCCc2occc21. The maximum atomic E-state index is 11.9. The molecular weight excluding hydrogens is 232 g/mol. The van der Waals surface area contributed by atoms with E-state index in [1.165, 1.54) is 6.92 Å². The molecule has 0 aromatic carbocycles. The van der Waals surface area contributed by atoms with Crippen LogP contribution in [0.2, 0.25) is 0 Å². The zero-order valence-corrected chi connectivity index (χ0v) is 10.7. The molecule has 0 saturated heterocycles. The van der Waals surface area contributed by atoms with E-state index in [9.17, 15) is 9.59 Å². The molecule has 1 aromatic rings. The number of aryl methyl sites for hydroxylation is 1. The Kier molecular flexibility index (Phi) is 3.69. The summed E-state index contributed by atoms with van der Waals surface area (Å²) in [5, 5.41) is 5.53. The third kappa shape index (κ3) is 2.72. The molecule has 1 aliphatic carbocycles. The number of nitrogens with one attached hydrogen (secondary N) is 2. The van der Waals surface area contributed by atoms with Gasteiger partial charge in [-0.2, -0.15) is 0 Å². The Bertz CT molecular complexity index is 453. The van der Waals surface area contributed by atoms with Crippen LogP contribution in [0, 0.1) is 0 Å². The van der Waals surface area contributed by atoms with Gasteiger partial charge >= 0.3 is 0 Å². The van der Waals surface area contributed by atoms with E-state index in [2.05, 4.69) is 10.6 Å². The molecule has 2 rings (SSSR count). The zero-order valence-electron chi connectivity index (χ0n) is 10.7. The molecule has 5 nitrogen and oxygen atoms in total. The Morgan fingerprint density at radius 1 is 1.50 bits per heavy atom. The van der Waals surface area contributed by atoms with Crippen LogP contribution in [0.4, 0.5) is 0 Å².